The van der Waals surface area contributed by atoms with Crippen LogP contribution in [0, 0.1) is 22.6 Å². The van der Waals surface area contributed by atoms with Crippen molar-refractivity contribution in [3.63, 3.8) is 0 Å². The van der Waals surface area contributed by atoms with Crippen molar-refractivity contribution in [2.45, 2.75) is 65.7 Å². The van der Waals surface area contributed by atoms with E-state index in [1.807, 2.05) is 27.7 Å². The number of ether oxygens (including phenoxy) is 3. The number of hydrogen-bond donors (Lipinski definition) is 2. The first-order valence-corrected chi connectivity index (χ1v) is 15.5. The summed E-state index contributed by atoms with van der Waals surface area (Å²) >= 11 is 5.43. The van der Waals surface area contributed by atoms with Crippen LogP contribution in [0.4, 0.5) is 28.9 Å². The monoisotopic (exact) mass is 710 g/mol. The fourth-order valence-electron chi connectivity index (χ4n) is 4.62. The summed E-state index contributed by atoms with van der Waals surface area (Å²) in [7, 11) is 0. The number of hydrogen-bond acceptors (Lipinski definition) is 9. The van der Waals surface area contributed by atoms with Crippen LogP contribution in [0.5, 0.6) is 5.88 Å². The van der Waals surface area contributed by atoms with Gasteiger partial charge in [-0.2, -0.15) is 18.4 Å². The number of halogens is 4. The highest BCUT2D eigenvalue weighted by molar-refractivity contribution is 7.81. The average Bonchev–Trinajstić information content (AvgIpc) is 3.17. The molecular weight excluding hydrogens is 672 g/mol. The summed E-state index contributed by atoms with van der Waals surface area (Å²) in [6, 6.07) is 4.14. The first-order valence-electron chi connectivity index (χ1n) is 15.1. The molecule has 2 heterocycles. The summed E-state index contributed by atoms with van der Waals surface area (Å²) in [5.74, 6) is -4.01. The van der Waals surface area contributed by atoms with Crippen LogP contribution in [0.25, 0.3) is 0 Å². The summed E-state index contributed by atoms with van der Waals surface area (Å²) in [6.07, 6.45) is -3.63. The number of alkyl halides is 3. The number of nitrogens with two attached hydrogens (primary N) is 1. The molecule has 12 nitrogen and oxygen atoms in total. The minimum absolute atomic E-state index is 0.0239. The van der Waals surface area contributed by atoms with Crippen LogP contribution in [0.2, 0.25) is 0 Å². The lowest BCUT2D eigenvalue weighted by Crippen LogP contribution is -2.44. The molecule has 0 radical (unpaired) electrons. The van der Waals surface area contributed by atoms with Gasteiger partial charge in [0.25, 0.3) is 11.8 Å². The SMILES string of the molecule is CC(NC(=O)COCCOCCCOc1ncc(N2C(=S)N(c3ccc(C#N)c(C(F)(F)F)c3F)C(=O)C2(C)C)cc1C(N)=O)C(C)(C)C. The van der Waals surface area contributed by atoms with Gasteiger partial charge in [0.15, 0.2) is 10.9 Å². The second-order valence-corrected chi connectivity index (χ2v) is 13.0. The molecule has 1 fully saturated rings. The molecule has 266 valence electrons. The van der Waals surface area contributed by atoms with Crippen LogP contribution in [0.3, 0.4) is 0 Å². The third kappa shape index (κ3) is 8.99. The number of carbonyl (C=O) groups is 3. The molecule has 1 atom stereocenters. The number of nitriles is 1. The number of nitrogens with one attached hydrogen (secondary N) is 1. The van der Waals surface area contributed by atoms with Gasteiger partial charge in [-0.3, -0.25) is 19.3 Å². The van der Waals surface area contributed by atoms with Gasteiger partial charge < -0.3 is 30.2 Å². The minimum atomic E-state index is -5.23. The van der Waals surface area contributed by atoms with Crippen molar-refractivity contribution >= 4 is 46.4 Å². The molecule has 49 heavy (non-hydrogen) atoms. The van der Waals surface area contributed by atoms with Crippen molar-refractivity contribution < 1.29 is 46.2 Å². The highest BCUT2D eigenvalue weighted by atomic mass is 32.1. The summed E-state index contributed by atoms with van der Waals surface area (Å²) in [5.41, 5.74) is 0.189. The molecule has 1 aliphatic heterocycles. The molecular formula is C32H38F4N6O6S. The number of benzene rings is 1. The Morgan fingerprint density at radius 1 is 1.14 bits per heavy atom. The van der Waals surface area contributed by atoms with Gasteiger partial charge in [-0.1, -0.05) is 20.8 Å². The molecule has 1 saturated heterocycles. The Hall–Kier alpha value is -4.40. The number of nitrogens with zero attached hydrogens (tertiary/aromatic N) is 4. The molecule has 1 aromatic heterocycles. The maximum atomic E-state index is 15.3. The number of aromatic nitrogens is 1. The highest BCUT2D eigenvalue weighted by Gasteiger charge is 2.52. The van der Waals surface area contributed by atoms with Crippen LogP contribution in [0.1, 0.15) is 69.4 Å². The largest absolute Gasteiger partial charge is 0.477 e. The normalized spacial score (nSPS) is 15.3. The van der Waals surface area contributed by atoms with E-state index in [4.69, 9.17) is 37.4 Å². The molecule has 0 spiro atoms. The van der Waals surface area contributed by atoms with Gasteiger partial charge in [-0.05, 0) is 56.6 Å². The number of primary amides is 1. The lowest BCUT2D eigenvalue weighted by molar-refractivity contribution is -0.140. The third-order valence-electron chi connectivity index (χ3n) is 7.75. The molecule has 1 aliphatic rings. The van der Waals surface area contributed by atoms with E-state index in [2.05, 4.69) is 10.3 Å². The van der Waals surface area contributed by atoms with Crippen molar-refractivity contribution in [1.82, 2.24) is 10.3 Å². The molecule has 3 rings (SSSR count). The first-order chi connectivity index (χ1) is 22.7. The van der Waals surface area contributed by atoms with E-state index in [1.54, 1.807) is 0 Å². The second-order valence-electron chi connectivity index (χ2n) is 12.7. The number of carbonyl (C=O) groups excluding carboxylic acids is 3. The Bertz CT molecular complexity index is 1640. The molecule has 17 heteroatoms. The molecule has 2 aromatic rings. The fourth-order valence-corrected chi connectivity index (χ4v) is 5.13. The van der Waals surface area contributed by atoms with Gasteiger partial charge in [-0.25, -0.2) is 9.37 Å². The highest BCUT2D eigenvalue weighted by Crippen LogP contribution is 2.42. The zero-order chi connectivity index (χ0) is 36.9. The van der Waals surface area contributed by atoms with E-state index in [-0.39, 0.29) is 67.5 Å². The Morgan fingerprint density at radius 3 is 2.39 bits per heavy atom. The number of thiocarbonyl (C=S) groups is 1. The van der Waals surface area contributed by atoms with Crippen LogP contribution >= 0.6 is 12.2 Å². The summed E-state index contributed by atoms with van der Waals surface area (Å²) in [6.45, 7) is 11.4. The molecule has 0 aliphatic carbocycles. The summed E-state index contributed by atoms with van der Waals surface area (Å²) in [5, 5.41) is 11.6. The summed E-state index contributed by atoms with van der Waals surface area (Å²) < 4.78 is 72.7. The zero-order valence-corrected chi connectivity index (χ0v) is 28.7. The van der Waals surface area contributed by atoms with Gasteiger partial charge in [0.05, 0.1) is 49.0 Å². The molecule has 0 bridgehead atoms. The Morgan fingerprint density at radius 2 is 1.80 bits per heavy atom. The maximum absolute atomic E-state index is 15.3. The fraction of sp³-hybridized carbons (Fsp3) is 0.500. The molecule has 1 unspecified atom stereocenters. The van der Waals surface area contributed by atoms with E-state index < -0.39 is 51.3 Å². The Kier molecular flexibility index (Phi) is 12.3. The number of pyridine rings is 1. The Balaban J connectivity index is 1.64. The van der Waals surface area contributed by atoms with Crippen LogP contribution in [0.15, 0.2) is 24.4 Å². The lowest BCUT2D eigenvalue weighted by atomic mass is 9.88. The van der Waals surface area contributed by atoms with E-state index in [0.717, 1.165) is 12.1 Å². The second kappa shape index (κ2) is 15.4. The van der Waals surface area contributed by atoms with Crippen LogP contribution in [-0.4, -0.2) is 72.4 Å². The van der Waals surface area contributed by atoms with Crippen LogP contribution < -0.4 is 25.6 Å². The standard InChI is InChI=1S/C32H38F4N6O6S/c1-18(30(2,3)4)40-23(43)17-47-13-12-46-10-7-11-48-27-21(26(38)44)14-20(16-39-27)42-29(49)41(28(45)31(42,5)6)22-9-8-19(15-37)24(25(22)33)32(34,35)36/h8-9,14,16,18H,7,10-13,17H2,1-6H3,(H2,38,44)(H,40,43). The van der Waals surface area contributed by atoms with Crippen molar-refractivity contribution in [3.8, 4) is 11.9 Å². The summed E-state index contributed by atoms with van der Waals surface area (Å²) in [4.78, 5) is 43.7. The minimum Gasteiger partial charge on any atom is -0.477 e. The lowest BCUT2D eigenvalue weighted by Gasteiger charge is -2.29. The molecule has 3 amide bonds. The average molecular weight is 711 g/mol. The zero-order valence-electron chi connectivity index (χ0n) is 27.9. The maximum Gasteiger partial charge on any atom is 0.420 e. The van der Waals surface area contributed by atoms with Crippen molar-refractivity contribution in [1.29, 1.82) is 5.26 Å². The first kappa shape index (κ1) is 39.0. The number of rotatable bonds is 14. The smallest absolute Gasteiger partial charge is 0.420 e. The van der Waals surface area contributed by atoms with E-state index in [0.29, 0.717) is 11.3 Å². The van der Waals surface area contributed by atoms with Gasteiger partial charge >= 0.3 is 6.18 Å². The van der Waals surface area contributed by atoms with Crippen LogP contribution in [-0.2, 0) is 25.2 Å². The molecule has 0 saturated carbocycles. The van der Waals surface area contributed by atoms with E-state index >= 15 is 4.39 Å². The predicted octanol–water partition coefficient (Wildman–Crippen LogP) is 4.48. The van der Waals surface area contributed by atoms with E-state index in [9.17, 15) is 27.6 Å². The predicted molar refractivity (Wildman–Crippen MR) is 174 cm³/mol. The number of anilines is 2. The topological polar surface area (TPSA) is 160 Å². The van der Waals surface area contributed by atoms with Gasteiger partial charge in [0.2, 0.25) is 11.8 Å². The van der Waals surface area contributed by atoms with E-state index in [1.165, 1.54) is 37.1 Å². The third-order valence-corrected chi connectivity index (χ3v) is 8.11. The van der Waals surface area contributed by atoms with Gasteiger partial charge in [0, 0.05) is 19.1 Å². The van der Waals surface area contributed by atoms with Gasteiger partial charge in [-0.15, -0.1) is 0 Å². The van der Waals surface area contributed by atoms with Crippen molar-refractivity contribution in [2.24, 2.45) is 11.1 Å². The number of amides is 3. The van der Waals surface area contributed by atoms with Gasteiger partial charge in [0.1, 0.15) is 23.3 Å². The van der Waals surface area contributed by atoms with Crippen molar-refractivity contribution in [2.75, 3.05) is 42.8 Å². The molecule has 3 N–H and O–H groups in total. The van der Waals surface area contributed by atoms with Crippen molar-refractivity contribution in [3.05, 3.63) is 46.9 Å². The molecule has 1 aromatic carbocycles. The quantitative estimate of drug-likeness (QED) is 0.163. The Labute approximate surface area is 286 Å².